The number of unbranched alkanes of at least 4 members (excludes halogenated alkanes) is 2. The van der Waals surface area contributed by atoms with Crippen LogP contribution in [0.3, 0.4) is 0 Å². The maximum absolute atomic E-state index is 13.8. The van der Waals surface area contributed by atoms with E-state index in [4.69, 9.17) is 0 Å². The highest BCUT2D eigenvalue weighted by Gasteiger charge is 2.36. The van der Waals surface area contributed by atoms with Crippen LogP contribution in [0.5, 0.6) is 11.5 Å². The van der Waals surface area contributed by atoms with Crippen LogP contribution in [0.25, 0.3) is 16.7 Å². The average Bonchev–Trinajstić information content (AvgIpc) is 2.73. The fourth-order valence-electron chi connectivity index (χ4n) is 4.65. The van der Waals surface area contributed by atoms with E-state index in [2.05, 4.69) is 13.5 Å². The Morgan fingerprint density at radius 2 is 1.79 bits per heavy atom. The second kappa shape index (κ2) is 10.1. The first kappa shape index (κ1) is 25.0. The lowest BCUT2D eigenvalue weighted by Crippen LogP contribution is -2.28. The number of allylic oxidation sites excluding steroid dienone is 1. The topological polar surface area (TPSA) is 91.7 Å². The van der Waals surface area contributed by atoms with Crippen molar-refractivity contribution in [1.29, 1.82) is 0 Å². The van der Waals surface area contributed by atoms with E-state index in [-0.39, 0.29) is 47.7 Å². The minimum absolute atomic E-state index is 0.0751. The Balaban J connectivity index is 2.26. The molecule has 0 aromatic heterocycles. The summed E-state index contributed by atoms with van der Waals surface area (Å²) in [4.78, 5) is 11.6. The van der Waals surface area contributed by atoms with Crippen LogP contribution >= 0.6 is 0 Å². The van der Waals surface area contributed by atoms with Gasteiger partial charge in [-0.25, -0.2) is 8.42 Å². The third-order valence-corrected chi connectivity index (χ3v) is 8.85. The SMILES string of the molecule is C=C(C)c1ccc(C)cc1-c1c(O)cc(CCCCC)c(S(=O)(=O)C2CCC(=O)CC2)c1O. The summed E-state index contributed by atoms with van der Waals surface area (Å²) in [5, 5.41) is 21.7. The summed E-state index contributed by atoms with van der Waals surface area (Å²) in [6.45, 7) is 9.80. The molecule has 2 N–H and O–H groups in total. The molecule has 0 heterocycles. The highest BCUT2D eigenvalue weighted by molar-refractivity contribution is 7.92. The molecule has 1 aliphatic carbocycles. The number of phenolic OH excluding ortho intramolecular Hbond substituents is 2. The molecule has 0 aliphatic heterocycles. The van der Waals surface area contributed by atoms with Crippen LogP contribution in [-0.4, -0.2) is 29.7 Å². The van der Waals surface area contributed by atoms with E-state index in [0.29, 0.717) is 17.5 Å². The molecule has 6 heteroatoms. The number of aryl methyl sites for hydroxylation is 2. The van der Waals surface area contributed by atoms with Gasteiger partial charge in [-0.15, -0.1) is 0 Å². The van der Waals surface area contributed by atoms with E-state index in [1.807, 2.05) is 32.0 Å². The van der Waals surface area contributed by atoms with Gasteiger partial charge < -0.3 is 10.2 Å². The quantitative estimate of drug-likeness (QED) is 0.453. The number of benzene rings is 2. The fourth-order valence-corrected chi connectivity index (χ4v) is 6.74. The summed E-state index contributed by atoms with van der Waals surface area (Å²) in [6.07, 6.45) is 4.06. The van der Waals surface area contributed by atoms with E-state index >= 15 is 0 Å². The molecule has 3 rings (SSSR count). The largest absolute Gasteiger partial charge is 0.507 e. The van der Waals surface area contributed by atoms with E-state index in [1.54, 1.807) is 0 Å². The molecule has 0 bridgehead atoms. The van der Waals surface area contributed by atoms with Gasteiger partial charge in [-0.05, 0) is 62.3 Å². The summed E-state index contributed by atoms with van der Waals surface area (Å²) < 4.78 is 27.6. The molecular weight excluding hydrogens is 436 g/mol. The molecule has 2 aromatic rings. The van der Waals surface area contributed by atoms with Crippen LogP contribution in [-0.2, 0) is 21.1 Å². The van der Waals surface area contributed by atoms with Crippen LogP contribution in [0.1, 0.15) is 75.5 Å². The van der Waals surface area contributed by atoms with Gasteiger partial charge in [-0.1, -0.05) is 55.7 Å². The van der Waals surface area contributed by atoms with E-state index in [9.17, 15) is 23.4 Å². The third kappa shape index (κ3) is 5.16. The lowest BCUT2D eigenvalue weighted by molar-refractivity contribution is -0.120. The number of hydrogen-bond donors (Lipinski definition) is 2. The Morgan fingerprint density at radius 1 is 1.12 bits per heavy atom. The number of rotatable bonds is 8. The molecule has 0 radical (unpaired) electrons. The Kier molecular flexibility index (Phi) is 7.68. The molecule has 0 amide bonds. The van der Waals surface area contributed by atoms with Crippen LogP contribution in [0, 0.1) is 6.92 Å². The summed E-state index contributed by atoms with van der Waals surface area (Å²) >= 11 is 0. The van der Waals surface area contributed by atoms with Gasteiger partial charge in [-0.2, -0.15) is 0 Å². The van der Waals surface area contributed by atoms with Crippen molar-refractivity contribution < 1.29 is 23.4 Å². The first-order chi connectivity index (χ1) is 15.6. The summed E-state index contributed by atoms with van der Waals surface area (Å²) in [5.74, 6) is -0.484. The third-order valence-electron chi connectivity index (χ3n) is 6.48. The van der Waals surface area contributed by atoms with Gasteiger partial charge in [0.05, 0.1) is 10.8 Å². The molecule has 5 nitrogen and oxygen atoms in total. The van der Waals surface area contributed by atoms with Gasteiger partial charge in [0.25, 0.3) is 0 Å². The van der Waals surface area contributed by atoms with Crippen LogP contribution in [0.2, 0.25) is 0 Å². The minimum atomic E-state index is -3.91. The molecule has 1 saturated carbocycles. The predicted octanol–water partition coefficient (Wildman–Crippen LogP) is 6.12. The average molecular weight is 471 g/mol. The molecule has 0 saturated heterocycles. The Labute approximate surface area is 197 Å². The summed E-state index contributed by atoms with van der Waals surface area (Å²) in [5.41, 5.74) is 3.48. The van der Waals surface area contributed by atoms with Crippen LogP contribution < -0.4 is 0 Å². The number of carbonyl (C=O) groups excluding carboxylic acids is 1. The second-order valence-corrected chi connectivity index (χ2v) is 11.3. The highest BCUT2D eigenvalue weighted by atomic mass is 32.2. The zero-order valence-corrected chi connectivity index (χ0v) is 20.6. The van der Waals surface area contributed by atoms with Gasteiger partial charge in [0.1, 0.15) is 22.2 Å². The van der Waals surface area contributed by atoms with Crippen molar-refractivity contribution in [2.75, 3.05) is 0 Å². The maximum atomic E-state index is 13.8. The smallest absolute Gasteiger partial charge is 0.185 e. The maximum Gasteiger partial charge on any atom is 0.185 e. The molecule has 1 aliphatic rings. The van der Waals surface area contributed by atoms with Gasteiger partial charge in [0.15, 0.2) is 9.84 Å². The van der Waals surface area contributed by atoms with E-state index in [0.717, 1.165) is 36.0 Å². The fraction of sp³-hybridized carbons (Fsp3) is 0.444. The van der Waals surface area contributed by atoms with Crippen molar-refractivity contribution in [2.24, 2.45) is 0 Å². The number of carbonyl (C=O) groups is 1. The predicted molar refractivity (Wildman–Crippen MR) is 132 cm³/mol. The van der Waals surface area contributed by atoms with Crippen LogP contribution in [0.4, 0.5) is 0 Å². The molecule has 0 unspecified atom stereocenters. The number of aromatic hydroxyl groups is 2. The molecular formula is C27H34O5S. The van der Waals surface area contributed by atoms with Crippen molar-refractivity contribution in [2.45, 2.75) is 82.3 Å². The Bertz CT molecular complexity index is 1170. The van der Waals surface area contributed by atoms with Gasteiger partial charge in [0, 0.05) is 12.8 Å². The lowest BCUT2D eigenvalue weighted by Gasteiger charge is -2.25. The van der Waals surface area contributed by atoms with Crippen molar-refractivity contribution in [3.63, 3.8) is 0 Å². The number of hydrogen-bond acceptors (Lipinski definition) is 5. The number of Topliss-reactive ketones (excluding diaryl/α,β-unsaturated/α-hetero) is 1. The molecule has 0 atom stereocenters. The first-order valence-corrected chi connectivity index (χ1v) is 13.2. The molecule has 2 aromatic carbocycles. The first-order valence-electron chi connectivity index (χ1n) is 11.7. The van der Waals surface area contributed by atoms with Crippen molar-refractivity contribution in [3.8, 4) is 22.6 Å². The summed E-state index contributed by atoms with van der Waals surface area (Å²) in [6, 6.07) is 7.10. The Morgan fingerprint density at radius 3 is 2.39 bits per heavy atom. The van der Waals surface area contributed by atoms with Crippen molar-refractivity contribution in [1.82, 2.24) is 0 Å². The van der Waals surface area contributed by atoms with Crippen molar-refractivity contribution >= 4 is 21.2 Å². The number of ketones is 1. The van der Waals surface area contributed by atoms with E-state index in [1.165, 1.54) is 6.07 Å². The van der Waals surface area contributed by atoms with Gasteiger partial charge in [-0.3, -0.25) is 4.79 Å². The second-order valence-electron chi connectivity index (χ2n) is 9.18. The monoisotopic (exact) mass is 470 g/mol. The standard InChI is InChI=1S/C27H34O5S/c1-5-6-7-8-19-16-24(29)25(23-15-18(4)9-14-22(23)17(2)3)26(30)27(19)33(31,32)21-12-10-20(28)11-13-21/h9,14-16,21,29-30H,2,5-8,10-13H2,1,3-4H3. The summed E-state index contributed by atoms with van der Waals surface area (Å²) in [7, 11) is -3.91. The Hall–Kier alpha value is -2.60. The zero-order valence-electron chi connectivity index (χ0n) is 19.8. The number of sulfone groups is 1. The highest BCUT2D eigenvalue weighted by Crippen LogP contribution is 2.47. The van der Waals surface area contributed by atoms with Crippen molar-refractivity contribution in [3.05, 3.63) is 47.5 Å². The number of phenols is 2. The lowest BCUT2D eigenvalue weighted by atomic mass is 9.91. The van der Waals surface area contributed by atoms with Gasteiger partial charge in [0.2, 0.25) is 0 Å². The zero-order chi connectivity index (χ0) is 24.3. The molecule has 0 spiro atoms. The molecule has 1 fully saturated rings. The molecule has 33 heavy (non-hydrogen) atoms. The van der Waals surface area contributed by atoms with E-state index < -0.39 is 20.8 Å². The minimum Gasteiger partial charge on any atom is -0.507 e. The van der Waals surface area contributed by atoms with Gasteiger partial charge >= 0.3 is 0 Å². The molecule has 178 valence electrons. The van der Waals surface area contributed by atoms with Crippen LogP contribution in [0.15, 0.2) is 35.7 Å². The normalized spacial score (nSPS) is 15.1.